The number of amides is 2. The fourth-order valence-corrected chi connectivity index (χ4v) is 1.00. The highest BCUT2D eigenvalue weighted by molar-refractivity contribution is 6.41. The minimum absolute atomic E-state index is 0.00488. The van der Waals surface area contributed by atoms with Gasteiger partial charge in [-0.15, -0.1) is 0 Å². The van der Waals surface area contributed by atoms with E-state index >= 15 is 0 Å². The van der Waals surface area contributed by atoms with Gasteiger partial charge in [0.1, 0.15) is 5.82 Å². The monoisotopic (exact) mass is 231 g/mol. The molecule has 15 heavy (non-hydrogen) atoms. The molecule has 5 nitrogen and oxygen atoms in total. The third kappa shape index (κ3) is 2.90. The number of carbonyl (C=O) groups is 2. The van der Waals surface area contributed by atoms with E-state index in [9.17, 15) is 14.0 Å². The van der Waals surface area contributed by atoms with Crippen molar-refractivity contribution >= 4 is 29.1 Å². The average Bonchev–Trinajstić information content (AvgIpc) is 2.22. The molecule has 0 unspecified atom stereocenters. The number of nitrogens with two attached hydrogens (primary N) is 1. The van der Waals surface area contributed by atoms with Crippen LogP contribution in [0.1, 0.15) is 0 Å². The van der Waals surface area contributed by atoms with Gasteiger partial charge in [-0.1, -0.05) is 11.6 Å². The zero-order chi connectivity index (χ0) is 11.4. The lowest BCUT2D eigenvalue weighted by molar-refractivity contribution is -0.136. The fraction of sp³-hybridized carbons (Fsp3) is 0. The van der Waals surface area contributed by atoms with Crippen molar-refractivity contribution in [3.8, 4) is 0 Å². The van der Waals surface area contributed by atoms with E-state index < -0.39 is 17.6 Å². The predicted octanol–water partition coefficient (Wildman–Crippen LogP) is 0.407. The standard InChI is InChI=1S/C8H7ClFN3O2/c9-5-2-1-4(10)3-6(5)12-7(14)8(15)13-11/h1-3H,11H2,(H,12,14)(H,13,15). The quantitative estimate of drug-likeness (QED) is 0.283. The van der Waals surface area contributed by atoms with Crippen molar-refractivity contribution in [1.82, 2.24) is 5.43 Å². The van der Waals surface area contributed by atoms with Crippen LogP contribution in [0.4, 0.5) is 10.1 Å². The van der Waals surface area contributed by atoms with Crippen molar-refractivity contribution in [3.05, 3.63) is 29.0 Å². The minimum Gasteiger partial charge on any atom is -0.316 e. The highest BCUT2D eigenvalue weighted by atomic mass is 35.5. The Morgan fingerprint density at radius 3 is 2.60 bits per heavy atom. The molecule has 0 aliphatic heterocycles. The zero-order valence-corrected chi connectivity index (χ0v) is 8.14. The van der Waals surface area contributed by atoms with Gasteiger partial charge in [-0.05, 0) is 18.2 Å². The lowest BCUT2D eigenvalue weighted by atomic mass is 10.3. The second kappa shape index (κ2) is 4.72. The van der Waals surface area contributed by atoms with Crippen LogP contribution in [0.3, 0.4) is 0 Å². The van der Waals surface area contributed by atoms with Crippen LogP contribution in [0.2, 0.25) is 5.02 Å². The van der Waals surface area contributed by atoms with Gasteiger partial charge in [0.15, 0.2) is 0 Å². The smallest absolute Gasteiger partial charge is 0.316 e. The van der Waals surface area contributed by atoms with Gasteiger partial charge in [-0.2, -0.15) is 0 Å². The van der Waals surface area contributed by atoms with Crippen molar-refractivity contribution in [2.24, 2.45) is 5.84 Å². The summed E-state index contributed by atoms with van der Waals surface area (Å²) in [7, 11) is 0. The second-order valence-electron chi connectivity index (χ2n) is 2.55. The summed E-state index contributed by atoms with van der Waals surface area (Å²) in [6, 6.07) is 3.37. The first kappa shape index (κ1) is 11.4. The molecule has 1 aromatic carbocycles. The summed E-state index contributed by atoms with van der Waals surface area (Å²) in [5, 5.41) is 2.22. The van der Waals surface area contributed by atoms with Crippen LogP contribution >= 0.6 is 11.6 Å². The number of benzene rings is 1. The first-order valence-corrected chi connectivity index (χ1v) is 4.19. The molecule has 0 heterocycles. The first-order chi connectivity index (χ1) is 7.04. The summed E-state index contributed by atoms with van der Waals surface area (Å²) >= 11 is 5.64. The molecule has 0 saturated heterocycles. The summed E-state index contributed by atoms with van der Waals surface area (Å²) in [6.07, 6.45) is 0. The van der Waals surface area contributed by atoms with Crippen LogP contribution in [0, 0.1) is 5.82 Å². The summed E-state index contributed by atoms with van der Waals surface area (Å²) in [6.45, 7) is 0. The van der Waals surface area contributed by atoms with E-state index in [-0.39, 0.29) is 10.7 Å². The van der Waals surface area contributed by atoms with Gasteiger partial charge < -0.3 is 5.32 Å². The molecular weight excluding hydrogens is 225 g/mol. The average molecular weight is 232 g/mol. The van der Waals surface area contributed by atoms with Gasteiger partial charge in [0, 0.05) is 0 Å². The topological polar surface area (TPSA) is 84.2 Å². The Morgan fingerprint density at radius 1 is 1.33 bits per heavy atom. The minimum atomic E-state index is -1.05. The van der Waals surface area contributed by atoms with Crippen LogP contribution in [0.5, 0.6) is 0 Å². The molecule has 2 amide bonds. The molecule has 1 rings (SSSR count). The second-order valence-corrected chi connectivity index (χ2v) is 2.96. The van der Waals surface area contributed by atoms with Crippen molar-refractivity contribution in [3.63, 3.8) is 0 Å². The predicted molar refractivity (Wildman–Crippen MR) is 52.4 cm³/mol. The van der Waals surface area contributed by atoms with E-state index in [4.69, 9.17) is 17.4 Å². The third-order valence-corrected chi connectivity index (χ3v) is 1.84. The molecular formula is C8H7ClFN3O2. The SMILES string of the molecule is NNC(=O)C(=O)Nc1cc(F)ccc1Cl. The fourth-order valence-electron chi connectivity index (χ4n) is 0.838. The Labute approximate surface area is 89.4 Å². The van der Waals surface area contributed by atoms with E-state index in [2.05, 4.69) is 5.32 Å². The number of hydrogen-bond acceptors (Lipinski definition) is 3. The molecule has 0 aromatic heterocycles. The molecule has 0 aliphatic rings. The number of halogens is 2. The molecule has 4 N–H and O–H groups in total. The number of hydrogen-bond donors (Lipinski definition) is 3. The van der Waals surface area contributed by atoms with Crippen LogP contribution in [-0.4, -0.2) is 11.8 Å². The molecule has 80 valence electrons. The lowest BCUT2D eigenvalue weighted by Gasteiger charge is -2.05. The van der Waals surface area contributed by atoms with Crippen molar-refractivity contribution in [1.29, 1.82) is 0 Å². The zero-order valence-electron chi connectivity index (χ0n) is 7.38. The Morgan fingerprint density at radius 2 is 2.00 bits per heavy atom. The van der Waals surface area contributed by atoms with E-state index in [1.54, 1.807) is 5.43 Å². The largest absolute Gasteiger partial charge is 0.323 e. The summed E-state index contributed by atoms with van der Waals surface area (Å²) < 4.78 is 12.7. The molecule has 0 aliphatic carbocycles. The molecule has 0 fully saturated rings. The number of nitrogens with one attached hydrogen (secondary N) is 2. The van der Waals surface area contributed by atoms with Crippen molar-refractivity contribution < 1.29 is 14.0 Å². The van der Waals surface area contributed by atoms with Crippen LogP contribution < -0.4 is 16.6 Å². The third-order valence-electron chi connectivity index (χ3n) is 1.51. The number of rotatable bonds is 1. The number of anilines is 1. The maximum absolute atomic E-state index is 12.7. The molecule has 0 spiro atoms. The highest BCUT2D eigenvalue weighted by Gasteiger charge is 2.13. The van der Waals surface area contributed by atoms with Crippen LogP contribution in [0.25, 0.3) is 0 Å². The summed E-state index contributed by atoms with van der Waals surface area (Å²) in [5.41, 5.74) is 1.64. The van der Waals surface area contributed by atoms with E-state index in [0.717, 1.165) is 12.1 Å². The lowest BCUT2D eigenvalue weighted by Crippen LogP contribution is -2.39. The molecule has 0 bridgehead atoms. The van der Waals surface area contributed by atoms with Crippen molar-refractivity contribution in [2.45, 2.75) is 0 Å². The van der Waals surface area contributed by atoms with Gasteiger partial charge in [0.25, 0.3) is 0 Å². The summed E-state index contributed by atoms with van der Waals surface area (Å²) in [5.74, 6) is 2.08. The Balaban J connectivity index is 2.85. The van der Waals surface area contributed by atoms with E-state index in [0.29, 0.717) is 0 Å². The normalized spacial score (nSPS) is 9.53. The molecule has 0 saturated carbocycles. The van der Waals surface area contributed by atoms with E-state index in [1.807, 2.05) is 0 Å². The molecule has 7 heteroatoms. The number of hydrazine groups is 1. The first-order valence-electron chi connectivity index (χ1n) is 3.81. The summed E-state index contributed by atoms with van der Waals surface area (Å²) in [4.78, 5) is 21.8. The van der Waals surface area contributed by atoms with Gasteiger partial charge >= 0.3 is 11.8 Å². The molecule has 1 aromatic rings. The van der Waals surface area contributed by atoms with Crippen LogP contribution in [0.15, 0.2) is 18.2 Å². The van der Waals surface area contributed by atoms with Gasteiger partial charge in [-0.25, -0.2) is 10.2 Å². The van der Waals surface area contributed by atoms with Gasteiger partial charge in [-0.3, -0.25) is 15.0 Å². The van der Waals surface area contributed by atoms with Gasteiger partial charge in [0.05, 0.1) is 10.7 Å². The maximum Gasteiger partial charge on any atom is 0.323 e. The van der Waals surface area contributed by atoms with E-state index in [1.165, 1.54) is 6.07 Å². The van der Waals surface area contributed by atoms with Crippen LogP contribution in [-0.2, 0) is 9.59 Å². The van der Waals surface area contributed by atoms with Gasteiger partial charge in [0.2, 0.25) is 0 Å². The Kier molecular flexibility index (Phi) is 3.59. The maximum atomic E-state index is 12.7. The van der Waals surface area contributed by atoms with Crippen molar-refractivity contribution in [2.75, 3.05) is 5.32 Å². The number of carbonyl (C=O) groups excluding carboxylic acids is 2. The Bertz CT molecular complexity index is 411. The molecule has 0 radical (unpaired) electrons. The molecule has 0 atom stereocenters. The Hall–Kier alpha value is -1.66. The highest BCUT2D eigenvalue weighted by Crippen LogP contribution is 2.22.